The number of carbonyl (C=O) groups is 2. The lowest BCUT2D eigenvalue weighted by Crippen LogP contribution is -2.41. The summed E-state index contributed by atoms with van der Waals surface area (Å²) in [6.07, 6.45) is -0.519. The molecule has 1 rings (SSSR count). The molecule has 0 saturated carbocycles. The lowest BCUT2D eigenvalue weighted by molar-refractivity contribution is -0.154. The fraction of sp³-hybridized carbons (Fsp3) is 0.833. The molecule has 0 aliphatic carbocycles. The van der Waals surface area contributed by atoms with Crippen LogP contribution in [0.1, 0.15) is 33.6 Å². The van der Waals surface area contributed by atoms with E-state index in [4.69, 9.17) is 9.84 Å². The fourth-order valence-electron chi connectivity index (χ4n) is 2.04. The third-order valence-electron chi connectivity index (χ3n) is 2.66. The molecule has 2 atom stereocenters. The molecular formula is C12H21NO4. The number of amides is 1. The first kappa shape index (κ1) is 14.0. The van der Waals surface area contributed by atoms with Crippen LogP contribution in [0.4, 0.5) is 0 Å². The quantitative estimate of drug-likeness (QED) is 0.806. The van der Waals surface area contributed by atoms with Crippen LogP contribution in [0.5, 0.6) is 0 Å². The molecule has 0 spiro atoms. The van der Waals surface area contributed by atoms with Gasteiger partial charge in [0, 0.05) is 13.6 Å². The molecule has 0 bridgehead atoms. The van der Waals surface area contributed by atoms with E-state index in [2.05, 4.69) is 0 Å². The highest BCUT2D eigenvalue weighted by atomic mass is 16.5. The molecule has 5 heteroatoms. The van der Waals surface area contributed by atoms with E-state index in [-0.39, 0.29) is 11.3 Å². The van der Waals surface area contributed by atoms with Gasteiger partial charge in [0.15, 0.2) is 6.10 Å². The average molecular weight is 243 g/mol. The highest BCUT2D eigenvalue weighted by Crippen LogP contribution is 2.23. The minimum Gasteiger partial charge on any atom is -0.479 e. The van der Waals surface area contributed by atoms with Crippen LogP contribution in [0.3, 0.4) is 0 Å². The number of carbonyl (C=O) groups excluding carboxylic acids is 1. The van der Waals surface area contributed by atoms with Crippen LogP contribution in [-0.2, 0) is 14.3 Å². The predicted octanol–water partition coefficient (Wildman–Crippen LogP) is 1.12. The minimum absolute atomic E-state index is 0.0230. The zero-order valence-corrected chi connectivity index (χ0v) is 10.9. The van der Waals surface area contributed by atoms with Gasteiger partial charge in [0.2, 0.25) is 0 Å². The Morgan fingerprint density at radius 2 is 1.82 bits per heavy atom. The van der Waals surface area contributed by atoms with Gasteiger partial charge in [0.25, 0.3) is 5.91 Å². The zero-order chi connectivity index (χ0) is 13.2. The molecule has 1 amide bonds. The maximum Gasteiger partial charge on any atom is 0.332 e. The van der Waals surface area contributed by atoms with Gasteiger partial charge in [-0.3, -0.25) is 4.79 Å². The Bertz CT molecular complexity index is 308. The monoisotopic (exact) mass is 243 g/mol. The number of aliphatic carboxylic acids is 1. The summed E-state index contributed by atoms with van der Waals surface area (Å²) in [5.74, 6) is -1.11. The second-order valence-electron chi connectivity index (χ2n) is 5.78. The molecule has 1 aliphatic heterocycles. The van der Waals surface area contributed by atoms with Crippen LogP contribution < -0.4 is 0 Å². The van der Waals surface area contributed by atoms with E-state index in [1.165, 1.54) is 0 Å². The van der Waals surface area contributed by atoms with Crippen molar-refractivity contribution in [1.82, 2.24) is 4.90 Å². The molecule has 1 saturated heterocycles. The van der Waals surface area contributed by atoms with Gasteiger partial charge in [0.1, 0.15) is 6.10 Å². The molecule has 5 nitrogen and oxygen atoms in total. The summed E-state index contributed by atoms with van der Waals surface area (Å²) in [7, 11) is 1.73. The molecule has 0 aromatic carbocycles. The first-order chi connectivity index (χ1) is 7.70. The van der Waals surface area contributed by atoms with Crippen LogP contribution in [0.2, 0.25) is 0 Å². The van der Waals surface area contributed by atoms with Gasteiger partial charge in [-0.05, 0) is 18.3 Å². The predicted molar refractivity (Wildman–Crippen MR) is 62.6 cm³/mol. The van der Waals surface area contributed by atoms with Gasteiger partial charge in [-0.1, -0.05) is 20.8 Å². The molecule has 1 heterocycles. The SMILES string of the molecule is CN(CC(C)(C)C)C(=O)[C@@H]1CC[C@H](C(=O)O)O1. The summed E-state index contributed by atoms with van der Waals surface area (Å²) in [4.78, 5) is 24.3. The Hall–Kier alpha value is -1.10. The smallest absolute Gasteiger partial charge is 0.332 e. The lowest BCUT2D eigenvalue weighted by atomic mass is 9.96. The van der Waals surface area contributed by atoms with Crippen molar-refractivity contribution in [1.29, 1.82) is 0 Å². The van der Waals surface area contributed by atoms with Crippen molar-refractivity contribution in [3.63, 3.8) is 0 Å². The van der Waals surface area contributed by atoms with Crippen LogP contribution in [0.15, 0.2) is 0 Å². The summed E-state index contributed by atoms with van der Waals surface area (Å²) in [6, 6.07) is 0. The van der Waals surface area contributed by atoms with Crippen molar-refractivity contribution in [2.24, 2.45) is 5.41 Å². The number of carboxylic acids is 1. The Labute approximate surface area is 102 Å². The Balaban J connectivity index is 2.52. The van der Waals surface area contributed by atoms with Gasteiger partial charge < -0.3 is 14.7 Å². The Morgan fingerprint density at radius 1 is 1.29 bits per heavy atom. The van der Waals surface area contributed by atoms with E-state index in [0.29, 0.717) is 19.4 Å². The van der Waals surface area contributed by atoms with Gasteiger partial charge >= 0.3 is 5.97 Å². The first-order valence-electron chi connectivity index (χ1n) is 5.84. The standard InChI is InChI=1S/C12H21NO4/c1-12(2,3)7-13(4)10(14)8-5-6-9(17-8)11(15)16/h8-9H,5-7H2,1-4H3,(H,15,16)/t8-,9+/m0/s1. The summed E-state index contributed by atoms with van der Waals surface area (Å²) in [6.45, 7) is 6.77. The molecule has 0 aromatic heterocycles. The molecule has 98 valence electrons. The number of rotatable bonds is 3. The number of carboxylic acid groups (broad SMARTS) is 1. The number of likely N-dealkylation sites (N-methyl/N-ethyl adjacent to an activating group) is 1. The maximum atomic E-state index is 12.0. The van der Waals surface area contributed by atoms with E-state index in [9.17, 15) is 9.59 Å². The van der Waals surface area contributed by atoms with Gasteiger partial charge in [-0.2, -0.15) is 0 Å². The van der Waals surface area contributed by atoms with Crippen molar-refractivity contribution in [2.45, 2.75) is 45.8 Å². The van der Waals surface area contributed by atoms with Crippen molar-refractivity contribution in [3.05, 3.63) is 0 Å². The summed E-state index contributed by atoms with van der Waals surface area (Å²) in [5.41, 5.74) is 0.0230. The third-order valence-corrected chi connectivity index (χ3v) is 2.66. The van der Waals surface area contributed by atoms with Crippen molar-refractivity contribution < 1.29 is 19.4 Å². The summed E-state index contributed by atoms with van der Waals surface area (Å²) >= 11 is 0. The molecular weight excluding hydrogens is 222 g/mol. The highest BCUT2D eigenvalue weighted by molar-refractivity contribution is 5.82. The summed E-state index contributed by atoms with van der Waals surface area (Å²) < 4.78 is 5.23. The van der Waals surface area contributed by atoms with Gasteiger partial charge in [-0.25, -0.2) is 4.79 Å². The molecule has 0 unspecified atom stereocenters. The molecule has 0 aromatic rings. The fourth-order valence-corrected chi connectivity index (χ4v) is 2.04. The van der Waals surface area contributed by atoms with Gasteiger partial charge in [0.05, 0.1) is 0 Å². The van der Waals surface area contributed by atoms with Crippen LogP contribution in [0.25, 0.3) is 0 Å². The second kappa shape index (κ2) is 5.04. The highest BCUT2D eigenvalue weighted by Gasteiger charge is 2.36. The molecule has 1 aliphatic rings. The van der Waals surface area contributed by atoms with E-state index >= 15 is 0 Å². The lowest BCUT2D eigenvalue weighted by Gasteiger charge is -2.28. The largest absolute Gasteiger partial charge is 0.479 e. The van der Waals surface area contributed by atoms with Gasteiger partial charge in [-0.15, -0.1) is 0 Å². The molecule has 1 N–H and O–H groups in total. The number of ether oxygens (including phenoxy) is 1. The molecule has 0 radical (unpaired) electrons. The second-order valence-corrected chi connectivity index (χ2v) is 5.78. The van der Waals surface area contributed by atoms with E-state index in [0.717, 1.165) is 0 Å². The molecule has 17 heavy (non-hydrogen) atoms. The number of nitrogens with zero attached hydrogens (tertiary/aromatic N) is 1. The molecule has 1 fully saturated rings. The van der Waals surface area contributed by atoms with Crippen molar-refractivity contribution in [2.75, 3.05) is 13.6 Å². The van der Waals surface area contributed by atoms with E-state index < -0.39 is 18.2 Å². The normalized spacial score (nSPS) is 24.7. The van der Waals surface area contributed by atoms with E-state index in [1.807, 2.05) is 20.8 Å². The van der Waals surface area contributed by atoms with Crippen molar-refractivity contribution >= 4 is 11.9 Å². The first-order valence-corrected chi connectivity index (χ1v) is 5.84. The van der Waals surface area contributed by atoms with Crippen LogP contribution in [-0.4, -0.2) is 47.7 Å². The Morgan fingerprint density at radius 3 is 2.24 bits per heavy atom. The minimum atomic E-state index is -0.987. The average Bonchev–Trinajstić information content (AvgIpc) is 2.62. The zero-order valence-electron chi connectivity index (χ0n) is 10.9. The van der Waals surface area contributed by atoms with Crippen molar-refractivity contribution in [3.8, 4) is 0 Å². The maximum absolute atomic E-state index is 12.0. The van der Waals surface area contributed by atoms with Crippen LogP contribution in [0, 0.1) is 5.41 Å². The topological polar surface area (TPSA) is 66.8 Å². The van der Waals surface area contributed by atoms with Crippen LogP contribution >= 0.6 is 0 Å². The van der Waals surface area contributed by atoms with E-state index in [1.54, 1.807) is 11.9 Å². The summed E-state index contributed by atoms with van der Waals surface area (Å²) in [5, 5.41) is 8.79. The number of hydrogen-bond donors (Lipinski definition) is 1. The third kappa shape index (κ3) is 4.00. The number of hydrogen-bond acceptors (Lipinski definition) is 3. The Kier molecular flexibility index (Phi) is 4.14.